The van der Waals surface area contributed by atoms with E-state index in [0.29, 0.717) is 37.2 Å². The number of hydrogen-bond acceptors (Lipinski definition) is 6. The molecule has 3 aliphatic rings. The molecule has 0 radical (unpaired) electrons. The number of nitrogens with zero attached hydrogens (tertiary/aromatic N) is 3. The van der Waals surface area contributed by atoms with Crippen molar-refractivity contribution in [1.82, 2.24) is 15.1 Å². The molecule has 1 aromatic rings. The summed E-state index contributed by atoms with van der Waals surface area (Å²) in [4.78, 5) is 41.0. The van der Waals surface area contributed by atoms with E-state index in [1.807, 2.05) is 18.2 Å². The molecular formula is C23H28N4O5. The first kappa shape index (κ1) is 21.9. The molecule has 1 atom stereocenters. The molecule has 1 unspecified atom stereocenters. The molecule has 1 aliphatic carbocycles. The Balaban J connectivity index is 1.40. The van der Waals surface area contributed by atoms with Crippen LogP contribution in [0.15, 0.2) is 18.2 Å². The molecule has 0 aromatic heterocycles. The molecule has 170 valence electrons. The van der Waals surface area contributed by atoms with Gasteiger partial charge in [0.2, 0.25) is 12.7 Å². The quantitative estimate of drug-likeness (QED) is 0.680. The molecule has 2 fully saturated rings. The summed E-state index contributed by atoms with van der Waals surface area (Å²) in [5, 5.41) is 12.5. The molecule has 2 heterocycles. The van der Waals surface area contributed by atoms with E-state index in [1.54, 1.807) is 14.0 Å². The van der Waals surface area contributed by atoms with Gasteiger partial charge in [-0.1, -0.05) is 25.3 Å². The molecule has 1 saturated carbocycles. The lowest BCUT2D eigenvalue weighted by molar-refractivity contribution is -0.141. The third-order valence-corrected chi connectivity index (χ3v) is 6.89. The Kier molecular flexibility index (Phi) is 5.71. The smallest absolute Gasteiger partial charge is 0.325 e. The molecule has 9 heteroatoms. The van der Waals surface area contributed by atoms with Crippen LogP contribution in [0.4, 0.5) is 4.79 Å². The van der Waals surface area contributed by atoms with Crippen LogP contribution >= 0.6 is 0 Å². The van der Waals surface area contributed by atoms with Crippen LogP contribution < -0.4 is 14.8 Å². The normalized spacial score (nSPS) is 23.6. The van der Waals surface area contributed by atoms with E-state index < -0.39 is 28.9 Å². The summed E-state index contributed by atoms with van der Waals surface area (Å²) in [6, 6.07) is 7.31. The highest BCUT2D eigenvalue weighted by Crippen LogP contribution is 2.34. The number of urea groups is 1. The number of rotatable bonds is 6. The van der Waals surface area contributed by atoms with Gasteiger partial charge in [0.25, 0.3) is 5.91 Å². The Hall–Kier alpha value is -3.28. The van der Waals surface area contributed by atoms with Gasteiger partial charge in [0.05, 0.1) is 6.07 Å². The van der Waals surface area contributed by atoms with E-state index in [2.05, 4.69) is 11.4 Å². The Labute approximate surface area is 187 Å². The van der Waals surface area contributed by atoms with Crippen LogP contribution in [0.25, 0.3) is 0 Å². The van der Waals surface area contributed by atoms with Crippen LogP contribution in [0.5, 0.6) is 11.5 Å². The summed E-state index contributed by atoms with van der Waals surface area (Å²) < 4.78 is 10.7. The fourth-order valence-electron chi connectivity index (χ4n) is 4.69. The highest BCUT2D eigenvalue weighted by atomic mass is 16.7. The molecule has 1 aromatic carbocycles. The highest BCUT2D eigenvalue weighted by molar-refractivity contribution is 6.08. The molecule has 0 bridgehead atoms. The largest absolute Gasteiger partial charge is 0.454 e. The summed E-state index contributed by atoms with van der Waals surface area (Å²) in [6.45, 7) is 1.49. The number of carbonyl (C=O) groups is 3. The zero-order valence-electron chi connectivity index (χ0n) is 18.5. The van der Waals surface area contributed by atoms with Crippen molar-refractivity contribution in [3.05, 3.63) is 23.8 Å². The van der Waals surface area contributed by atoms with Crippen LogP contribution in [0, 0.1) is 11.3 Å². The average Bonchev–Trinajstić information content (AvgIpc) is 3.35. The number of ether oxygens (including phenoxy) is 2. The second-order valence-electron chi connectivity index (χ2n) is 9.00. The number of nitrogens with one attached hydrogen (secondary N) is 1. The number of hydrogen-bond donors (Lipinski definition) is 1. The third-order valence-electron chi connectivity index (χ3n) is 6.89. The zero-order valence-corrected chi connectivity index (χ0v) is 18.5. The average molecular weight is 441 g/mol. The number of imide groups is 1. The van der Waals surface area contributed by atoms with Crippen LogP contribution in [0.2, 0.25) is 0 Å². The lowest BCUT2D eigenvalue weighted by Gasteiger charge is -2.39. The number of carbonyl (C=O) groups excluding carboxylic acids is 3. The summed E-state index contributed by atoms with van der Waals surface area (Å²) in [7, 11) is 1.59. The number of aryl methyl sites for hydroxylation is 1. The Bertz CT molecular complexity index is 981. The molecule has 1 saturated heterocycles. The molecule has 2 aliphatic heterocycles. The van der Waals surface area contributed by atoms with E-state index in [9.17, 15) is 19.6 Å². The van der Waals surface area contributed by atoms with Gasteiger partial charge in [0.1, 0.15) is 17.6 Å². The summed E-state index contributed by atoms with van der Waals surface area (Å²) in [5.74, 6) is 0.516. The Morgan fingerprint density at radius 2 is 1.94 bits per heavy atom. The van der Waals surface area contributed by atoms with Crippen LogP contribution in [-0.4, -0.2) is 59.1 Å². The monoisotopic (exact) mass is 440 g/mol. The second kappa shape index (κ2) is 8.34. The van der Waals surface area contributed by atoms with Gasteiger partial charge in [-0.15, -0.1) is 0 Å². The molecule has 4 rings (SSSR count). The van der Waals surface area contributed by atoms with Crippen molar-refractivity contribution in [2.45, 2.75) is 62.9 Å². The Morgan fingerprint density at radius 1 is 1.22 bits per heavy atom. The lowest BCUT2D eigenvalue weighted by Crippen LogP contribution is -2.53. The maximum atomic E-state index is 13.1. The maximum absolute atomic E-state index is 13.1. The van der Waals surface area contributed by atoms with Gasteiger partial charge < -0.3 is 19.7 Å². The van der Waals surface area contributed by atoms with E-state index in [0.717, 1.165) is 29.7 Å². The first-order valence-corrected chi connectivity index (χ1v) is 11.0. The minimum absolute atomic E-state index is 0.190. The van der Waals surface area contributed by atoms with Crippen molar-refractivity contribution in [3.63, 3.8) is 0 Å². The van der Waals surface area contributed by atoms with Gasteiger partial charge in [-0.25, -0.2) is 4.79 Å². The molecule has 32 heavy (non-hydrogen) atoms. The van der Waals surface area contributed by atoms with Crippen molar-refractivity contribution in [2.75, 3.05) is 20.4 Å². The first-order chi connectivity index (χ1) is 15.3. The molecule has 9 nitrogen and oxygen atoms in total. The summed E-state index contributed by atoms with van der Waals surface area (Å²) in [5.41, 5.74) is -1.01. The van der Waals surface area contributed by atoms with Crippen LogP contribution in [0.3, 0.4) is 0 Å². The predicted molar refractivity (Wildman–Crippen MR) is 114 cm³/mol. The van der Waals surface area contributed by atoms with Crippen LogP contribution in [0.1, 0.15) is 51.0 Å². The van der Waals surface area contributed by atoms with Crippen molar-refractivity contribution < 1.29 is 23.9 Å². The van der Waals surface area contributed by atoms with Gasteiger partial charge in [-0.3, -0.25) is 14.5 Å². The molecule has 1 N–H and O–H groups in total. The molecular weight excluding hydrogens is 412 g/mol. The fourth-order valence-corrected chi connectivity index (χ4v) is 4.69. The standard InChI is InChI=1S/C23H28N4O5/c1-22(11-8-16-6-7-17-18(12-16)32-15-31-17)20(29)27(21(30)25-22)13-19(28)26(2)23(14-24)9-4-3-5-10-23/h6-7,12H,3-5,8-11,13,15H2,1-2H3,(H,25,30). The van der Waals surface area contributed by atoms with Gasteiger partial charge >= 0.3 is 6.03 Å². The van der Waals surface area contributed by atoms with Crippen molar-refractivity contribution in [3.8, 4) is 17.6 Å². The van der Waals surface area contributed by atoms with Gasteiger partial charge in [-0.05, 0) is 50.3 Å². The zero-order chi connectivity index (χ0) is 22.9. The third kappa shape index (κ3) is 3.85. The van der Waals surface area contributed by atoms with Crippen molar-refractivity contribution >= 4 is 17.8 Å². The maximum Gasteiger partial charge on any atom is 0.325 e. The van der Waals surface area contributed by atoms with E-state index >= 15 is 0 Å². The fraction of sp³-hybridized carbons (Fsp3) is 0.565. The number of benzene rings is 1. The lowest BCUT2D eigenvalue weighted by atomic mass is 9.81. The van der Waals surface area contributed by atoms with E-state index in [-0.39, 0.29) is 13.3 Å². The predicted octanol–water partition coefficient (Wildman–Crippen LogP) is 2.34. The SMILES string of the molecule is CN(C(=O)CN1C(=O)NC(C)(CCc2ccc3c(c2)OCO3)C1=O)C1(C#N)CCCCC1. The summed E-state index contributed by atoms with van der Waals surface area (Å²) in [6.07, 6.45) is 4.94. The summed E-state index contributed by atoms with van der Waals surface area (Å²) >= 11 is 0. The molecule has 4 amide bonds. The van der Waals surface area contributed by atoms with Gasteiger partial charge in [0, 0.05) is 7.05 Å². The van der Waals surface area contributed by atoms with Crippen molar-refractivity contribution in [2.24, 2.45) is 0 Å². The Morgan fingerprint density at radius 3 is 2.66 bits per heavy atom. The van der Waals surface area contributed by atoms with E-state index in [4.69, 9.17) is 9.47 Å². The van der Waals surface area contributed by atoms with E-state index in [1.165, 1.54) is 4.90 Å². The molecule has 0 spiro atoms. The second-order valence-corrected chi connectivity index (χ2v) is 9.00. The minimum atomic E-state index is -1.11. The minimum Gasteiger partial charge on any atom is -0.454 e. The topological polar surface area (TPSA) is 112 Å². The van der Waals surface area contributed by atoms with Gasteiger partial charge in [-0.2, -0.15) is 5.26 Å². The number of amides is 4. The van der Waals surface area contributed by atoms with Crippen molar-refractivity contribution in [1.29, 1.82) is 5.26 Å². The van der Waals surface area contributed by atoms with Gasteiger partial charge in [0.15, 0.2) is 11.5 Å². The first-order valence-electron chi connectivity index (χ1n) is 11.0. The number of nitriles is 1. The highest BCUT2D eigenvalue weighted by Gasteiger charge is 2.49. The van der Waals surface area contributed by atoms with Crippen LogP contribution in [-0.2, 0) is 16.0 Å². The number of fused-ring (bicyclic) bond motifs is 1. The number of likely N-dealkylation sites (N-methyl/N-ethyl adjacent to an activating group) is 1.